The van der Waals surface area contributed by atoms with Crippen LogP contribution in [0, 0.1) is 12.8 Å². The summed E-state index contributed by atoms with van der Waals surface area (Å²) >= 11 is 0. The van der Waals surface area contributed by atoms with Crippen LogP contribution in [0.25, 0.3) is 0 Å². The molecule has 0 spiro atoms. The van der Waals surface area contributed by atoms with E-state index in [9.17, 15) is 4.79 Å². The Balaban J connectivity index is 1.51. The van der Waals surface area contributed by atoms with Gasteiger partial charge in [0.25, 0.3) is 0 Å². The zero-order valence-electron chi connectivity index (χ0n) is 18.4. The van der Waals surface area contributed by atoms with E-state index in [0.717, 1.165) is 38.0 Å². The molecule has 162 valence electrons. The number of benzene rings is 2. The number of ether oxygens (including phenoxy) is 3. The third-order valence-corrected chi connectivity index (χ3v) is 5.64. The van der Waals surface area contributed by atoms with Crippen molar-refractivity contribution in [3.8, 4) is 17.2 Å². The van der Waals surface area contributed by atoms with Crippen LogP contribution in [-0.2, 0) is 17.9 Å². The summed E-state index contributed by atoms with van der Waals surface area (Å²) in [6.45, 7) is 5.38. The van der Waals surface area contributed by atoms with E-state index in [1.165, 1.54) is 11.1 Å². The van der Waals surface area contributed by atoms with Gasteiger partial charge in [-0.05, 0) is 56.1 Å². The molecule has 1 amide bonds. The molecule has 1 N–H and O–H groups in total. The third-order valence-electron chi connectivity index (χ3n) is 5.64. The first-order chi connectivity index (χ1) is 14.5. The summed E-state index contributed by atoms with van der Waals surface area (Å²) in [5, 5.41) is 3.07. The van der Waals surface area contributed by atoms with Gasteiger partial charge in [-0.2, -0.15) is 0 Å². The summed E-state index contributed by atoms with van der Waals surface area (Å²) in [6, 6.07) is 12.4. The number of rotatable bonds is 8. The van der Waals surface area contributed by atoms with Crippen LogP contribution in [0.3, 0.4) is 0 Å². The van der Waals surface area contributed by atoms with Crippen molar-refractivity contribution in [1.29, 1.82) is 0 Å². The lowest BCUT2D eigenvalue weighted by Crippen LogP contribution is -2.40. The smallest absolute Gasteiger partial charge is 0.223 e. The lowest BCUT2D eigenvalue weighted by atomic mass is 9.95. The number of likely N-dealkylation sites (tertiary alicyclic amines) is 1. The molecule has 6 heteroatoms. The largest absolute Gasteiger partial charge is 0.493 e. The lowest BCUT2D eigenvalue weighted by molar-refractivity contribution is -0.126. The first kappa shape index (κ1) is 22.0. The highest BCUT2D eigenvalue weighted by atomic mass is 16.5. The molecule has 0 aromatic heterocycles. The summed E-state index contributed by atoms with van der Waals surface area (Å²) in [7, 11) is 4.75. The second-order valence-electron chi connectivity index (χ2n) is 7.79. The number of nitrogens with one attached hydrogen (secondary N) is 1. The summed E-state index contributed by atoms with van der Waals surface area (Å²) in [5.74, 6) is 1.90. The number of carbonyl (C=O) groups excluding carboxylic acids is 1. The number of hydrogen-bond donors (Lipinski definition) is 1. The average molecular weight is 413 g/mol. The van der Waals surface area contributed by atoms with E-state index in [0.29, 0.717) is 23.8 Å². The normalized spacial score (nSPS) is 14.9. The van der Waals surface area contributed by atoms with E-state index >= 15 is 0 Å². The van der Waals surface area contributed by atoms with Crippen molar-refractivity contribution in [1.82, 2.24) is 10.2 Å². The predicted molar refractivity (Wildman–Crippen MR) is 117 cm³/mol. The molecule has 1 aliphatic rings. The molecular weight excluding hydrogens is 380 g/mol. The van der Waals surface area contributed by atoms with Crippen LogP contribution in [0.5, 0.6) is 17.2 Å². The molecule has 30 heavy (non-hydrogen) atoms. The zero-order valence-corrected chi connectivity index (χ0v) is 18.4. The standard InChI is InChI=1S/C24H32N2O4/c1-17-6-5-7-18(12-17)16-26-10-8-20(9-11-26)24(27)25-15-19-13-21(28-2)23(30-4)22(14-19)29-3/h5-7,12-14,20H,8-11,15-16H2,1-4H3,(H,25,27). The Bertz CT molecular complexity index is 835. The Labute approximate surface area is 179 Å². The van der Waals surface area contributed by atoms with Crippen molar-refractivity contribution in [2.75, 3.05) is 34.4 Å². The van der Waals surface area contributed by atoms with Crippen LogP contribution >= 0.6 is 0 Å². The molecular formula is C24H32N2O4. The summed E-state index contributed by atoms with van der Waals surface area (Å²) < 4.78 is 16.1. The minimum absolute atomic E-state index is 0.0563. The molecule has 0 atom stereocenters. The van der Waals surface area contributed by atoms with Crippen molar-refractivity contribution in [3.63, 3.8) is 0 Å². The monoisotopic (exact) mass is 412 g/mol. The van der Waals surface area contributed by atoms with Crippen LogP contribution in [0.15, 0.2) is 36.4 Å². The number of methoxy groups -OCH3 is 3. The van der Waals surface area contributed by atoms with Crippen molar-refractivity contribution in [3.05, 3.63) is 53.1 Å². The van der Waals surface area contributed by atoms with Gasteiger partial charge >= 0.3 is 0 Å². The second-order valence-corrected chi connectivity index (χ2v) is 7.79. The zero-order chi connectivity index (χ0) is 21.5. The first-order valence-corrected chi connectivity index (χ1v) is 10.4. The maximum Gasteiger partial charge on any atom is 0.223 e. The Hall–Kier alpha value is -2.73. The predicted octanol–water partition coefficient (Wildman–Crippen LogP) is 3.55. The SMILES string of the molecule is COc1cc(CNC(=O)C2CCN(Cc3cccc(C)c3)CC2)cc(OC)c1OC. The number of carbonyl (C=O) groups is 1. The third kappa shape index (κ3) is 5.45. The topological polar surface area (TPSA) is 60.0 Å². The van der Waals surface area contributed by atoms with Crippen LogP contribution in [0.2, 0.25) is 0 Å². The molecule has 0 radical (unpaired) electrons. The number of aryl methyl sites for hydroxylation is 1. The molecule has 1 heterocycles. The molecule has 1 saturated heterocycles. The fourth-order valence-electron chi connectivity index (χ4n) is 3.99. The van der Waals surface area contributed by atoms with Crippen molar-refractivity contribution in [2.24, 2.45) is 5.92 Å². The molecule has 0 unspecified atom stereocenters. The molecule has 3 rings (SSSR count). The minimum atomic E-state index is 0.0563. The van der Waals surface area contributed by atoms with Gasteiger partial charge in [0.05, 0.1) is 21.3 Å². The van der Waals surface area contributed by atoms with E-state index in [2.05, 4.69) is 41.4 Å². The molecule has 6 nitrogen and oxygen atoms in total. The first-order valence-electron chi connectivity index (χ1n) is 10.4. The van der Waals surface area contributed by atoms with Gasteiger partial charge in [-0.15, -0.1) is 0 Å². The molecule has 2 aromatic rings. The van der Waals surface area contributed by atoms with E-state index in [1.54, 1.807) is 21.3 Å². The van der Waals surface area contributed by atoms with Gasteiger partial charge in [-0.25, -0.2) is 0 Å². The fourth-order valence-corrected chi connectivity index (χ4v) is 3.99. The quantitative estimate of drug-likeness (QED) is 0.719. The Kier molecular flexibility index (Phi) is 7.57. The Morgan fingerprint density at radius 1 is 1.00 bits per heavy atom. The van der Waals surface area contributed by atoms with Crippen LogP contribution in [0.4, 0.5) is 0 Å². The lowest BCUT2D eigenvalue weighted by Gasteiger charge is -2.31. The van der Waals surface area contributed by atoms with E-state index in [-0.39, 0.29) is 11.8 Å². The van der Waals surface area contributed by atoms with Gasteiger partial charge in [-0.3, -0.25) is 9.69 Å². The van der Waals surface area contributed by atoms with E-state index in [4.69, 9.17) is 14.2 Å². The number of hydrogen-bond acceptors (Lipinski definition) is 5. The molecule has 0 aliphatic carbocycles. The van der Waals surface area contributed by atoms with Crippen LogP contribution in [-0.4, -0.2) is 45.2 Å². The van der Waals surface area contributed by atoms with Crippen molar-refractivity contribution >= 4 is 5.91 Å². The van der Waals surface area contributed by atoms with Gasteiger partial charge in [0, 0.05) is 19.0 Å². The summed E-state index contributed by atoms with van der Waals surface area (Å²) in [6.07, 6.45) is 1.76. The average Bonchev–Trinajstić information content (AvgIpc) is 2.77. The maximum absolute atomic E-state index is 12.7. The highest BCUT2D eigenvalue weighted by molar-refractivity contribution is 5.78. The van der Waals surface area contributed by atoms with Gasteiger partial charge < -0.3 is 19.5 Å². The molecule has 0 bridgehead atoms. The van der Waals surface area contributed by atoms with Crippen LogP contribution < -0.4 is 19.5 Å². The minimum Gasteiger partial charge on any atom is -0.493 e. The summed E-state index contributed by atoms with van der Waals surface area (Å²) in [5.41, 5.74) is 3.53. The van der Waals surface area contributed by atoms with Crippen molar-refractivity contribution < 1.29 is 19.0 Å². The van der Waals surface area contributed by atoms with E-state index in [1.807, 2.05) is 12.1 Å². The molecule has 2 aromatic carbocycles. The van der Waals surface area contributed by atoms with E-state index < -0.39 is 0 Å². The van der Waals surface area contributed by atoms with Gasteiger partial charge in [-0.1, -0.05) is 29.8 Å². The Morgan fingerprint density at radius 2 is 1.67 bits per heavy atom. The highest BCUT2D eigenvalue weighted by Gasteiger charge is 2.25. The van der Waals surface area contributed by atoms with Crippen LogP contribution in [0.1, 0.15) is 29.5 Å². The number of amides is 1. The van der Waals surface area contributed by atoms with Gasteiger partial charge in [0.1, 0.15) is 0 Å². The van der Waals surface area contributed by atoms with Crippen molar-refractivity contribution in [2.45, 2.75) is 32.9 Å². The van der Waals surface area contributed by atoms with Gasteiger partial charge in [0.2, 0.25) is 11.7 Å². The summed E-state index contributed by atoms with van der Waals surface area (Å²) in [4.78, 5) is 15.1. The number of nitrogens with zero attached hydrogens (tertiary/aromatic N) is 1. The maximum atomic E-state index is 12.7. The number of piperidine rings is 1. The van der Waals surface area contributed by atoms with Gasteiger partial charge in [0.15, 0.2) is 11.5 Å². The molecule has 1 aliphatic heterocycles. The second kappa shape index (κ2) is 10.3. The fraction of sp³-hybridized carbons (Fsp3) is 0.458. The highest BCUT2D eigenvalue weighted by Crippen LogP contribution is 2.38. The Morgan fingerprint density at radius 3 is 2.23 bits per heavy atom. The molecule has 0 saturated carbocycles. The molecule has 1 fully saturated rings.